The summed E-state index contributed by atoms with van der Waals surface area (Å²) in [5.74, 6) is 1.65. The molecule has 1 amide bonds. The number of aromatic amines is 1. The maximum absolute atomic E-state index is 12.0. The van der Waals surface area contributed by atoms with Gasteiger partial charge in [0.2, 0.25) is 5.91 Å². The van der Waals surface area contributed by atoms with E-state index < -0.39 is 0 Å². The van der Waals surface area contributed by atoms with E-state index in [-0.39, 0.29) is 17.2 Å². The number of anilines is 1. The second kappa shape index (κ2) is 8.71. The summed E-state index contributed by atoms with van der Waals surface area (Å²) < 4.78 is 5.60. The molecule has 1 aromatic carbocycles. The molecule has 9 nitrogen and oxygen atoms in total. The number of H-pyrrole nitrogens is 1. The Hall–Kier alpha value is -3.77. The molecule has 3 fully saturated rings. The van der Waals surface area contributed by atoms with Crippen molar-refractivity contribution < 1.29 is 9.53 Å². The first kappa shape index (κ1) is 22.7. The number of ether oxygens (including phenoxy) is 1. The first-order valence-corrected chi connectivity index (χ1v) is 12.5. The van der Waals surface area contributed by atoms with Crippen molar-refractivity contribution in [2.45, 2.75) is 32.1 Å². The van der Waals surface area contributed by atoms with Crippen molar-refractivity contribution in [3.8, 4) is 17.3 Å². The third kappa shape index (κ3) is 3.64. The van der Waals surface area contributed by atoms with E-state index in [1.807, 2.05) is 24.0 Å². The van der Waals surface area contributed by atoms with Crippen LogP contribution in [0.1, 0.15) is 42.1 Å². The smallest absolute Gasteiger partial charge is 0.245 e. The minimum Gasteiger partial charge on any atom is -0.381 e. The highest BCUT2D eigenvalue weighted by atomic mass is 16.5. The second-order valence-electron chi connectivity index (χ2n) is 10.3. The fraction of sp³-hybridized carbons (Fsp3) is 0.444. The van der Waals surface area contributed by atoms with Crippen molar-refractivity contribution in [3.05, 3.63) is 47.9 Å². The molecular weight excluding hydrogens is 454 g/mol. The number of nitrogens with one attached hydrogen (secondary N) is 1. The summed E-state index contributed by atoms with van der Waals surface area (Å²) >= 11 is 0. The lowest BCUT2D eigenvalue weighted by atomic mass is 9.79. The number of likely N-dealkylation sites (tertiary alicyclic amines) is 1. The summed E-state index contributed by atoms with van der Waals surface area (Å²) in [6.07, 6.45) is 5.87. The Bertz CT molecular complexity index is 1390. The van der Waals surface area contributed by atoms with Gasteiger partial charge in [-0.2, -0.15) is 10.4 Å². The van der Waals surface area contributed by atoms with E-state index in [1.165, 1.54) is 6.08 Å². The fourth-order valence-corrected chi connectivity index (χ4v) is 5.98. The van der Waals surface area contributed by atoms with Gasteiger partial charge in [-0.05, 0) is 43.9 Å². The Morgan fingerprint density at radius 1 is 1.28 bits per heavy atom. The number of hydrogen-bond donors (Lipinski definition) is 1. The van der Waals surface area contributed by atoms with Crippen molar-refractivity contribution in [1.82, 2.24) is 25.1 Å². The standard InChI is InChI=1S/C27H29N7O2/c1-3-22(35)34-15-27(16-34)8-9-33(14-27)26-19(12-28)24(30-25(31-26)18-6-10-36-11-7-18)23-17(2)4-5-21-20(23)13-29-32-21/h3-5,13,18H,1,6-11,14-16H2,2H3,(H,29,32). The van der Waals surface area contributed by atoms with Gasteiger partial charge < -0.3 is 14.5 Å². The number of carbonyl (C=O) groups is 1. The Kier molecular flexibility index (Phi) is 5.49. The largest absolute Gasteiger partial charge is 0.381 e. The molecule has 2 aromatic heterocycles. The molecule has 3 aromatic rings. The lowest BCUT2D eigenvalue weighted by Gasteiger charge is -2.47. The van der Waals surface area contributed by atoms with Crippen molar-refractivity contribution in [3.63, 3.8) is 0 Å². The molecule has 0 saturated carbocycles. The Morgan fingerprint density at radius 2 is 2.08 bits per heavy atom. The fourth-order valence-electron chi connectivity index (χ4n) is 5.98. The number of carbonyl (C=O) groups excluding carboxylic acids is 1. The number of aromatic nitrogens is 4. The van der Waals surface area contributed by atoms with Crippen LogP contribution in [-0.4, -0.2) is 70.4 Å². The third-order valence-electron chi connectivity index (χ3n) is 7.95. The zero-order valence-corrected chi connectivity index (χ0v) is 20.5. The molecule has 9 heteroatoms. The van der Waals surface area contributed by atoms with Gasteiger partial charge in [0.25, 0.3) is 0 Å². The molecule has 1 spiro atoms. The van der Waals surface area contributed by atoms with Crippen molar-refractivity contribution in [2.24, 2.45) is 5.41 Å². The average Bonchev–Trinajstić information content (AvgIpc) is 3.55. The molecule has 3 saturated heterocycles. The first-order valence-electron chi connectivity index (χ1n) is 12.5. The minimum atomic E-state index is -0.0217. The molecule has 184 valence electrons. The van der Waals surface area contributed by atoms with Gasteiger partial charge in [0.05, 0.1) is 17.4 Å². The van der Waals surface area contributed by atoms with Crippen LogP contribution in [-0.2, 0) is 9.53 Å². The van der Waals surface area contributed by atoms with Crippen molar-refractivity contribution in [1.29, 1.82) is 5.26 Å². The van der Waals surface area contributed by atoms with Gasteiger partial charge in [-0.1, -0.05) is 12.6 Å². The highest BCUT2D eigenvalue weighted by Gasteiger charge is 2.49. The van der Waals surface area contributed by atoms with Gasteiger partial charge >= 0.3 is 0 Å². The van der Waals surface area contributed by atoms with Gasteiger partial charge in [0.1, 0.15) is 17.5 Å². The van der Waals surface area contributed by atoms with E-state index >= 15 is 0 Å². The highest BCUT2D eigenvalue weighted by Crippen LogP contribution is 2.43. The molecule has 0 unspecified atom stereocenters. The summed E-state index contributed by atoms with van der Waals surface area (Å²) in [4.78, 5) is 26.2. The number of nitriles is 1. The Balaban J connectivity index is 1.45. The minimum absolute atomic E-state index is 0.0217. The number of benzene rings is 1. The maximum atomic E-state index is 12.0. The number of nitrogens with zero attached hydrogens (tertiary/aromatic N) is 6. The number of fused-ring (bicyclic) bond motifs is 1. The van der Waals surface area contributed by atoms with Gasteiger partial charge in [0, 0.05) is 61.7 Å². The van der Waals surface area contributed by atoms with E-state index in [0.717, 1.165) is 60.2 Å². The van der Waals surface area contributed by atoms with Crippen molar-refractivity contribution in [2.75, 3.05) is 44.3 Å². The summed E-state index contributed by atoms with van der Waals surface area (Å²) in [7, 11) is 0. The molecule has 0 radical (unpaired) electrons. The topological polar surface area (TPSA) is 111 Å². The molecular formula is C27H29N7O2. The molecule has 3 aliphatic heterocycles. The van der Waals surface area contributed by atoms with E-state index in [2.05, 4.69) is 27.7 Å². The quantitative estimate of drug-likeness (QED) is 0.567. The van der Waals surface area contributed by atoms with Gasteiger partial charge in [-0.15, -0.1) is 0 Å². The van der Waals surface area contributed by atoms with Crippen LogP contribution in [0.25, 0.3) is 22.2 Å². The molecule has 0 atom stereocenters. The summed E-state index contributed by atoms with van der Waals surface area (Å²) in [5.41, 5.74) is 4.09. The van der Waals surface area contributed by atoms with Crippen LogP contribution in [0.2, 0.25) is 0 Å². The maximum Gasteiger partial charge on any atom is 0.245 e. The van der Waals surface area contributed by atoms with Gasteiger partial charge in [-0.25, -0.2) is 9.97 Å². The Morgan fingerprint density at radius 3 is 2.83 bits per heavy atom. The van der Waals surface area contributed by atoms with Crippen LogP contribution < -0.4 is 4.90 Å². The Labute approximate surface area is 209 Å². The normalized spacial score (nSPS) is 19.4. The monoisotopic (exact) mass is 483 g/mol. The zero-order valence-electron chi connectivity index (χ0n) is 20.5. The molecule has 36 heavy (non-hydrogen) atoms. The summed E-state index contributed by atoms with van der Waals surface area (Å²) in [5, 5.41) is 18.7. The van der Waals surface area contributed by atoms with E-state index in [1.54, 1.807) is 6.20 Å². The highest BCUT2D eigenvalue weighted by molar-refractivity contribution is 5.97. The lowest BCUT2D eigenvalue weighted by molar-refractivity contribution is -0.136. The van der Waals surface area contributed by atoms with E-state index in [4.69, 9.17) is 14.7 Å². The first-order chi connectivity index (χ1) is 17.5. The van der Waals surface area contributed by atoms with Crippen LogP contribution >= 0.6 is 0 Å². The molecule has 1 N–H and O–H groups in total. The van der Waals surface area contributed by atoms with Crippen LogP contribution in [0.3, 0.4) is 0 Å². The van der Waals surface area contributed by atoms with Gasteiger partial charge in [-0.3, -0.25) is 9.89 Å². The number of rotatable bonds is 4. The number of aryl methyl sites for hydroxylation is 1. The summed E-state index contributed by atoms with van der Waals surface area (Å²) in [6, 6.07) is 6.50. The molecule has 5 heterocycles. The number of hydrogen-bond acceptors (Lipinski definition) is 7. The second-order valence-corrected chi connectivity index (χ2v) is 10.3. The van der Waals surface area contributed by atoms with Crippen LogP contribution in [0.5, 0.6) is 0 Å². The van der Waals surface area contributed by atoms with Crippen molar-refractivity contribution >= 4 is 22.6 Å². The van der Waals surface area contributed by atoms with E-state index in [9.17, 15) is 10.1 Å². The SMILES string of the molecule is C=CC(=O)N1CC2(CCN(c3nc(C4CCOCC4)nc(-c4c(C)ccc5[nH]ncc45)c3C#N)C2)C1. The molecule has 3 aliphatic rings. The van der Waals surface area contributed by atoms with Crippen LogP contribution in [0.15, 0.2) is 31.0 Å². The molecule has 0 bridgehead atoms. The zero-order chi connectivity index (χ0) is 24.9. The van der Waals surface area contributed by atoms with E-state index in [0.29, 0.717) is 43.4 Å². The van der Waals surface area contributed by atoms with Crippen LogP contribution in [0, 0.1) is 23.7 Å². The number of amides is 1. The van der Waals surface area contributed by atoms with Gasteiger partial charge in [0.15, 0.2) is 5.82 Å². The lowest BCUT2D eigenvalue weighted by Crippen LogP contribution is -2.59. The summed E-state index contributed by atoms with van der Waals surface area (Å²) in [6.45, 7) is 10.0. The van der Waals surface area contributed by atoms with Crippen LogP contribution in [0.4, 0.5) is 5.82 Å². The average molecular weight is 484 g/mol. The molecule has 0 aliphatic carbocycles. The predicted octanol–water partition coefficient (Wildman–Crippen LogP) is 3.32. The molecule has 6 rings (SSSR count). The predicted molar refractivity (Wildman–Crippen MR) is 135 cm³/mol. The third-order valence-corrected chi connectivity index (χ3v) is 7.95.